The molecule has 5 heterocycles. The molecule has 2 unspecified atom stereocenters. The van der Waals surface area contributed by atoms with Crippen molar-refractivity contribution >= 4 is 43.4 Å². The molecule has 2 fully saturated rings. The van der Waals surface area contributed by atoms with Crippen LogP contribution in [0.3, 0.4) is 0 Å². The predicted octanol–water partition coefficient (Wildman–Crippen LogP) is 4.04. The fraction of sp³-hybridized carbons (Fsp3) is 0.423. The van der Waals surface area contributed by atoms with Gasteiger partial charge in [0.2, 0.25) is 5.88 Å². The summed E-state index contributed by atoms with van der Waals surface area (Å²) in [6.45, 7) is 4.50. The summed E-state index contributed by atoms with van der Waals surface area (Å²) >= 11 is 1.04. The van der Waals surface area contributed by atoms with E-state index >= 15 is 4.39 Å². The molecule has 2 bridgehead atoms. The summed E-state index contributed by atoms with van der Waals surface area (Å²) in [7, 11) is 3.99. The molecular formula is C26H29F2N7OS. The Morgan fingerprint density at radius 2 is 1.89 bits per heavy atom. The van der Waals surface area contributed by atoms with E-state index in [1.165, 1.54) is 0 Å². The van der Waals surface area contributed by atoms with E-state index in [0.29, 0.717) is 34.0 Å². The van der Waals surface area contributed by atoms with Gasteiger partial charge in [-0.05, 0) is 46.0 Å². The Labute approximate surface area is 217 Å². The molecule has 6 rings (SSSR count). The second-order valence-corrected chi connectivity index (χ2v) is 11.3. The average molecular weight is 526 g/mol. The molecule has 3 aromatic heterocycles. The molecule has 0 radical (unpaired) electrons. The Morgan fingerprint density at radius 1 is 1.14 bits per heavy atom. The summed E-state index contributed by atoms with van der Waals surface area (Å²) < 4.78 is 36.0. The third-order valence-corrected chi connectivity index (χ3v) is 7.88. The van der Waals surface area contributed by atoms with Gasteiger partial charge in [0.25, 0.3) is 0 Å². The summed E-state index contributed by atoms with van der Waals surface area (Å²) in [5.74, 6) is -0.991. The Bertz CT molecular complexity index is 1480. The molecule has 2 saturated heterocycles. The van der Waals surface area contributed by atoms with Crippen molar-refractivity contribution < 1.29 is 13.5 Å². The van der Waals surface area contributed by atoms with Crippen LogP contribution in [-0.2, 0) is 0 Å². The van der Waals surface area contributed by atoms with Gasteiger partial charge in [0, 0.05) is 49.2 Å². The monoisotopic (exact) mass is 525 g/mol. The van der Waals surface area contributed by atoms with Crippen LogP contribution in [-0.4, -0.2) is 71.8 Å². The lowest BCUT2D eigenvalue weighted by atomic mass is 10.1. The number of likely N-dealkylation sites (N-methyl/N-ethyl adjacent to an activating group) is 1. The zero-order valence-corrected chi connectivity index (χ0v) is 21.8. The third-order valence-electron chi connectivity index (χ3n) is 6.97. The van der Waals surface area contributed by atoms with Crippen LogP contribution in [0.1, 0.15) is 19.8 Å². The number of nitrogen functional groups attached to an aromatic ring is 1. The van der Waals surface area contributed by atoms with Gasteiger partial charge in [-0.2, -0.15) is 4.98 Å². The van der Waals surface area contributed by atoms with E-state index < -0.39 is 11.6 Å². The normalized spacial score (nSPS) is 20.3. The minimum atomic E-state index is -0.746. The lowest BCUT2D eigenvalue weighted by Crippen LogP contribution is -2.51. The summed E-state index contributed by atoms with van der Waals surface area (Å²) in [4.78, 5) is 18.0. The van der Waals surface area contributed by atoms with Crippen molar-refractivity contribution in [3.05, 3.63) is 35.9 Å². The molecule has 0 aliphatic carbocycles. The maximum atomic E-state index is 15.1. The molecule has 0 amide bonds. The molecule has 194 valence electrons. The van der Waals surface area contributed by atoms with E-state index in [1.807, 2.05) is 33.2 Å². The fourth-order valence-corrected chi connectivity index (χ4v) is 6.43. The van der Waals surface area contributed by atoms with Crippen LogP contribution >= 0.6 is 11.3 Å². The highest BCUT2D eigenvalue weighted by Gasteiger charge is 2.33. The van der Waals surface area contributed by atoms with Crippen LogP contribution in [0.4, 0.5) is 19.6 Å². The average Bonchev–Trinajstić information content (AvgIpc) is 3.38. The summed E-state index contributed by atoms with van der Waals surface area (Å²) in [5, 5.41) is 4.70. The molecule has 1 aromatic carbocycles. The number of nitrogens with zero attached hydrogens (tertiary/aromatic N) is 5. The van der Waals surface area contributed by atoms with Gasteiger partial charge in [-0.1, -0.05) is 11.3 Å². The highest BCUT2D eigenvalue weighted by Crippen LogP contribution is 2.39. The van der Waals surface area contributed by atoms with E-state index in [9.17, 15) is 4.39 Å². The lowest BCUT2D eigenvalue weighted by molar-refractivity contribution is 0.171. The minimum absolute atomic E-state index is 0.0420. The van der Waals surface area contributed by atoms with Crippen molar-refractivity contribution in [1.82, 2.24) is 25.2 Å². The number of nitrogens with one attached hydrogen (secondary N) is 1. The number of fused-ring (bicyclic) bond motifs is 4. The number of nitrogens with two attached hydrogens (primary N) is 1. The van der Waals surface area contributed by atoms with Gasteiger partial charge in [0.1, 0.15) is 17.4 Å². The highest BCUT2D eigenvalue weighted by molar-refractivity contribution is 7.22. The number of piperazine rings is 1. The summed E-state index contributed by atoms with van der Waals surface area (Å²) in [5.41, 5.74) is 7.84. The van der Waals surface area contributed by atoms with Crippen molar-refractivity contribution in [3.8, 4) is 17.1 Å². The first-order valence-electron chi connectivity index (χ1n) is 12.4. The van der Waals surface area contributed by atoms with Gasteiger partial charge >= 0.3 is 0 Å². The van der Waals surface area contributed by atoms with E-state index in [0.717, 1.165) is 61.0 Å². The van der Waals surface area contributed by atoms with Crippen molar-refractivity contribution in [2.45, 2.75) is 38.0 Å². The largest absolute Gasteiger partial charge is 0.473 e. The number of hydrogen-bond donors (Lipinski definition) is 2. The SMILES string of the molecule is C[C@H](CN(C)C)Oc1cc(N2CC3CCC(C2)N3)c2ccc(-c3c(F)cc(F)c4nc(N)sc34)nc2n1. The Morgan fingerprint density at radius 3 is 2.62 bits per heavy atom. The summed E-state index contributed by atoms with van der Waals surface area (Å²) in [6, 6.07) is 7.39. The maximum absolute atomic E-state index is 15.1. The first-order valence-corrected chi connectivity index (χ1v) is 13.3. The van der Waals surface area contributed by atoms with Crippen molar-refractivity contribution in [2.75, 3.05) is 44.4 Å². The smallest absolute Gasteiger partial charge is 0.217 e. The van der Waals surface area contributed by atoms with Crippen molar-refractivity contribution in [1.29, 1.82) is 0 Å². The van der Waals surface area contributed by atoms with Gasteiger partial charge in [-0.15, -0.1) is 0 Å². The maximum Gasteiger partial charge on any atom is 0.217 e. The van der Waals surface area contributed by atoms with Crippen LogP contribution in [0.25, 0.3) is 32.5 Å². The highest BCUT2D eigenvalue weighted by atomic mass is 32.1. The quantitative estimate of drug-likeness (QED) is 0.390. The number of benzene rings is 1. The van der Waals surface area contributed by atoms with Gasteiger partial charge in [-0.25, -0.2) is 18.7 Å². The molecule has 3 atom stereocenters. The zero-order valence-electron chi connectivity index (χ0n) is 21.0. The zero-order chi connectivity index (χ0) is 25.8. The third kappa shape index (κ3) is 4.55. The van der Waals surface area contributed by atoms with Gasteiger partial charge < -0.3 is 25.6 Å². The standard InChI is InChI=1S/C26H29F2N7OS/c1-13(10-34(2)3)36-21-9-20(35-11-14-4-5-15(12-35)30-14)16-6-7-19(31-25(16)32-21)22-17(27)8-18(28)23-24(22)37-26(29)33-23/h6-9,13-15,30H,4-5,10-12H2,1-3H3,(H2,29,33)/t13-,14?,15?/m1/s1. The number of pyridine rings is 2. The minimum Gasteiger partial charge on any atom is -0.473 e. The molecule has 2 aliphatic heterocycles. The molecular weight excluding hydrogens is 496 g/mol. The number of rotatable bonds is 6. The molecule has 4 aromatic rings. The van der Waals surface area contributed by atoms with Crippen LogP contribution in [0.2, 0.25) is 0 Å². The van der Waals surface area contributed by atoms with E-state index in [1.54, 1.807) is 6.07 Å². The van der Waals surface area contributed by atoms with Gasteiger partial charge in [0.05, 0.1) is 21.6 Å². The molecule has 37 heavy (non-hydrogen) atoms. The molecule has 3 N–H and O–H groups in total. The predicted molar refractivity (Wildman–Crippen MR) is 143 cm³/mol. The second kappa shape index (κ2) is 9.30. The van der Waals surface area contributed by atoms with Crippen LogP contribution in [0.5, 0.6) is 5.88 Å². The number of thiazole rings is 1. The van der Waals surface area contributed by atoms with Crippen LogP contribution in [0.15, 0.2) is 24.3 Å². The fourth-order valence-electron chi connectivity index (χ4n) is 5.54. The number of ether oxygens (including phenoxy) is 1. The topological polar surface area (TPSA) is 92.4 Å². The van der Waals surface area contributed by atoms with E-state index in [4.69, 9.17) is 20.4 Å². The number of aromatic nitrogens is 3. The van der Waals surface area contributed by atoms with E-state index in [-0.39, 0.29) is 22.3 Å². The Hall–Kier alpha value is -3.15. The number of hydrogen-bond acceptors (Lipinski definition) is 9. The molecule has 2 aliphatic rings. The second-order valence-electron chi connectivity index (χ2n) is 10.2. The van der Waals surface area contributed by atoms with Crippen molar-refractivity contribution in [3.63, 3.8) is 0 Å². The summed E-state index contributed by atoms with van der Waals surface area (Å²) in [6.07, 6.45) is 2.23. The first kappa shape index (κ1) is 24.2. The van der Waals surface area contributed by atoms with E-state index in [2.05, 4.69) is 20.1 Å². The molecule has 8 nitrogen and oxygen atoms in total. The number of anilines is 2. The Balaban J connectivity index is 1.48. The van der Waals surface area contributed by atoms with Crippen LogP contribution < -0.4 is 20.7 Å². The molecule has 0 spiro atoms. The first-order chi connectivity index (χ1) is 17.7. The number of halogens is 2. The van der Waals surface area contributed by atoms with Gasteiger partial charge in [-0.3, -0.25) is 0 Å². The Kier molecular flexibility index (Phi) is 6.09. The van der Waals surface area contributed by atoms with Crippen molar-refractivity contribution in [2.24, 2.45) is 0 Å². The van der Waals surface area contributed by atoms with Gasteiger partial charge in [0.15, 0.2) is 16.6 Å². The molecule has 0 saturated carbocycles. The molecule has 11 heteroatoms. The van der Waals surface area contributed by atoms with Crippen LogP contribution in [0, 0.1) is 11.6 Å². The lowest BCUT2D eigenvalue weighted by Gasteiger charge is -2.35.